The number of hydrogen-bond acceptors (Lipinski definition) is 2. The molecule has 0 aliphatic rings. The van der Waals surface area contributed by atoms with Crippen LogP contribution in [0.2, 0.25) is 0 Å². The molecule has 0 aliphatic carbocycles. The van der Waals surface area contributed by atoms with Crippen LogP contribution in [0.4, 0.5) is 0 Å². The smallest absolute Gasteiger partial charge is 0.115 e. The maximum Gasteiger partial charge on any atom is 0.115 e. The van der Waals surface area contributed by atoms with Crippen LogP contribution in [0.25, 0.3) is 0 Å². The molecule has 2 heteroatoms. The SMILES string of the molecule is CC.Cc1cc(C(C)(C)C)ncn1. The Morgan fingerprint density at radius 1 is 1.08 bits per heavy atom. The van der Waals surface area contributed by atoms with E-state index in [2.05, 4.69) is 30.7 Å². The van der Waals surface area contributed by atoms with Crippen molar-refractivity contribution in [1.82, 2.24) is 9.97 Å². The van der Waals surface area contributed by atoms with Crippen molar-refractivity contribution in [2.75, 3.05) is 0 Å². The number of rotatable bonds is 0. The quantitative estimate of drug-likeness (QED) is 0.613. The molecule has 1 aromatic heterocycles. The molecule has 2 nitrogen and oxygen atoms in total. The minimum atomic E-state index is 0.133. The van der Waals surface area contributed by atoms with Gasteiger partial charge in [0.05, 0.1) is 0 Å². The molecule has 0 atom stereocenters. The summed E-state index contributed by atoms with van der Waals surface area (Å²) in [6.45, 7) is 12.4. The van der Waals surface area contributed by atoms with E-state index >= 15 is 0 Å². The largest absolute Gasteiger partial charge is 0.242 e. The predicted molar refractivity (Wildman–Crippen MR) is 56.8 cm³/mol. The second-order valence-electron chi connectivity index (χ2n) is 3.79. The highest BCUT2D eigenvalue weighted by atomic mass is 14.8. The fourth-order valence-corrected chi connectivity index (χ4v) is 0.865. The molecule has 0 saturated heterocycles. The Kier molecular flexibility index (Phi) is 4.60. The molecule has 0 aliphatic heterocycles. The normalized spacial score (nSPS) is 10.3. The van der Waals surface area contributed by atoms with Gasteiger partial charge < -0.3 is 0 Å². The van der Waals surface area contributed by atoms with E-state index in [1.807, 2.05) is 26.8 Å². The lowest BCUT2D eigenvalue weighted by atomic mass is 9.92. The molecule has 0 spiro atoms. The first-order valence-electron chi connectivity index (χ1n) is 4.79. The third kappa shape index (κ3) is 4.02. The van der Waals surface area contributed by atoms with E-state index in [0.717, 1.165) is 11.4 Å². The Balaban J connectivity index is 0.000000671. The van der Waals surface area contributed by atoms with Crippen LogP contribution in [0.3, 0.4) is 0 Å². The van der Waals surface area contributed by atoms with Crippen LogP contribution < -0.4 is 0 Å². The zero-order chi connectivity index (χ0) is 10.5. The van der Waals surface area contributed by atoms with Gasteiger partial charge >= 0.3 is 0 Å². The van der Waals surface area contributed by atoms with Gasteiger partial charge in [-0.1, -0.05) is 34.6 Å². The van der Waals surface area contributed by atoms with Gasteiger partial charge in [0.2, 0.25) is 0 Å². The lowest BCUT2D eigenvalue weighted by molar-refractivity contribution is 0.565. The lowest BCUT2D eigenvalue weighted by Crippen LogP contribution is -2.13. The van der Waals surface area contributed by atoms with Crippen LogP contribution in [0.15, 0.2) is 12.4 Å². The predicted octanol–water partition coefficient (Wildman–Crippen LogP) is 3.11. The number of hydrogen-bond donors (Lipinski definition) is 0. The minimum absolute atomic E-state index is 0.133. The van der Waals surface area contributed by atoms with Gasteiger partial charge in [-0.2, -0.15) is 0 Å². The molecule has 0 fully saturated rings. The van der Waals surface area contributed by atoms with E-state index in [1.165, 1.54) is 0 Å². The Morgan fingerprint density at radius 3 is 1.92 bits per heavy atom. The van der Waals surface area contributed by atoms with Gasteiger partial charge in [0, 0.05) is 16.8 Å². The molecule has 74 valence electrons. The van der Waals surface area contributed by atoms with Crippen LogP contribution in [-0.2, 0) is 5.41 Å². The minimum Gasteiger partial charge on any atom is -0.242 e. The summed E-state index contributed by atoms with van der Waals surface area (Å²) in [5.41, 5.74) is 2.27. The van der Waals surface area contributed by atoms with Crippen molar-refractivity contribution in [3.05, 3.63) is 23.8 Å². The van der Waals surface area contributed by atoms with Gasteiger partial charge in [-0.3, -0.25) is 0 Å². The highest BCUT2D eigenvalue weighted by Gasteiger charge is 2.14. The summed E-state index contributed by atoms with van der Waals surface area (Å²) < 4.78 is 0. The Bertz CT molecular complexity index is 249. The summed E-state index contributed by atoms with van der Waals surface area (Å²) >= 11 is 0. The summed E-state index contributed by atoms with van der Waals surface area (Å²) in [6.07, 6.45) is 1.62. The number of nitrogens with zero attached hydrogens (tertiary/aromatic N) is 2. The molecular weight excluding hydrogens is 160 g/mol. The van der Waals surface area contributed by atoms with E-state index in [0.29, 0.717) is 0 Å². The van der Waals surface area contributed by atoms with Gasteiger partial charge in [0.15, 0.2) is 0 Å². The fourth-order valence-electron chi connectivity index (χ4n) is 0.865. The molecule has 0 radical (unpaired) electrons. The first kappa shape index (κ1) is 12.1. The van der Waals surface area contributed by atoms with E-state index in [4.69, 9.17) is 0 Å². The molecule has 1 aromatic rings. The van der Waals surface area contributed by atoms with Crippen LogP contribution in [0, 0.1) is 6.92 Å². The Labute approximate surface area is 81.4 Å². The summed E-state index contributed by atoms with van der Waals surface area (Å²) in [5, 5.41) is 0. The standard InChI is InChI=1S/C9H14N2.C2H6/c1-7-5-8(9(2,3)4)11-6-10-7;1-2/h5-6H,1-4H3;1-2H3. The highest BCUT2D eigenvalue weighted by Crippen LogP contribution is 2.18. The summed E-state index contributed by atoms with van der Waals surface area (Å²) in [4.78, 5) is 8.24. The Hall–Kier alpha value is -0.920. The number of aromatic nitrogens is 2. The van der Waals surface area contributed by atoms with Gasteiger partial charge in [-0.25, -0.2) is 9.97 Å². The first-order chi connectivity index (χ1) is 6.00. The maximum atomic E-state index is 4.20. The van der Waals surface area contributed by atoms with E-state index in [9.17, 15) is 0 Å². The van der Waals surface area contributed by atoms with Crippen molar-refractivity contribution in [3.8, 4) is 0 Å². The average molecular weight is 180 g/mol. The van der Waals surface area contributed by atoms with Crippen molar-refractivity contribution < 1.29 is 0 Å². The van der Waals surface area contributed by atoms with Gasteiger partial charge in [0.1, 0.15) is 6.33 Å². The molecule has 0 aromatic carbocycles. The molecule has 0 bridgehead atoms. The van der Waals surface area contributed by atoms with E-state index in [-0.39, 0.29) is 5.41 Å². The van der Waals surface area contributed by atoms with Crippen LogP contribution in [0.5, 0.6) is 0 Å². The lowest BCUT2D eigenvalue weighted by Gasteiger charge is -2.16. The summed E-state index contributed by atoms with van der Waals surface area (Å²) in [6, 6.07) is 2.03. The molecule has 0 unspecified atom stereocenters. The molecule has 1 heterocycles. The van der Waals surface area contributed by atoms with E-state index < -0.39 is 0 Å². The van der Waals surface area contributed by atoms with Gasteiger partial charge in [-0.05, 0) is 13.0 Å². The van der Waals surface area contributed by atoms with E-state index in [1.54, 1.807) is 6.33 Å². The van der Waals surface area contributed by atoms with Crippen LogP contribution >= 0.6 is 0 Å². The van der Waals surface area contributed by atoms with Crippen molar-refractivity contribution >= 4 is 0 Å². The second kappa shape index (κ2) is 4.95. The maximum absolute atomic E-state index is 4.20. The third-order valence-electron chi connectivity index (χ3n) is 1.57. The van der Waals surface area contributed by atoms with Crippen molar-refractivity contribution in [2.24, 2.45) is 0 Å². The molecular formula is C11H20N2. The fraction of sp³-hybridized carbons (Fsp3) is 0.636. The molecule has 0 saturated carbocycles. The molecule has 0 amide bonds. The summed E-state index contributed by atoms with van der Waals surface area (Å²) in [5.74, 6) is 0. The van der Waals surface area contributed by atoms with Crippen molar-refractivity contribution in [2.45, 2.75) is 47.0 Å². The second-order valence-corrected chi connectivity index (χ2v) is 3.79. The third-order valence-corrected chi connectivity index (χ3v) is 1.57. The Morgan fingerprint density at radius 2 is 1.62 bits per heavy atom. The molecule has 1 rings (SSSR count). The molecule has 13 heavy (non-hydrogen) atoms. The van der Waals surface area contributed by atoms with Gasteiger partial charge in [0.25, 0.3) is 0 Å². The van der Waals surface area contributed by atoms with Crippen LogP contribution in [0.1, 0.15) is 46.0 Å². The summed E-state index contributed by atoms with van der Waals surface area (Å²) in [7, 11) is 0. The monoisotopic (exact) mass is 180 g/mol. The molecule has 0 N–H and O–H groups in total. The van der Waals surface area contributed by atoms with Gasteiger partial charge in [-0.15, -0.1) is 0 Å². The highest BCUT2D eigenvalue weighted by molar-refractivity contribution is 5.14. The number of aryl methyl sites for hydroxylation is 1. The van der Waals surface area contributed by atoms with Crippen molar-refractivity contribution in [3.63, 3.8) is 0 Å². The zero-order valence-corrected chi connectivity index (χ0v) is 9.55. The average Bonchev–Trinajstić information content (AvgIpc) is 2.06. The first-order valence-corrected chi connectivity index (χ1v) is 4.79. The van der Waals surface area contributed by atoms with Crippen molar-refractivity contribution in [1.29, 1.82) is 0 Å². The topological polar surface area (TPSA) is 25.8 Å². The zero-order valence-electron chi connectivity index (χ0n) is 9.55. The van der Waals surface area contributed by atoms with Crippen LogP contribution in [-0.4, -0.2) is 9.97 Å².